The first kappa shape index (κ1) is 16.8. The fourth-order valence-corrected chi connectivity index (χ4v) is 3.64. The lowest BCUT2D eigenvalue weighted by molar-refractivity contribution is -0.151. The summed E-state index contributed by atoms with van der Waals surface area (Å²) in [6.07, 6.45) is 1.93. The Labute approximate surface area is 138 Å². The minimum atomic E-state index is -1.59. The predicted molar refractivity (Wildman–Crippen MR) is 81.8 cm³/mol. The predicted octanol–water partition coefficient (Wildman–Crippen LogP) is 1.23. The number of nitrogens with zero attached hydrogens (tertiary/aromatic N) is 1. The van der Waals surface area contributed by atoms with Gasteiger partial charge in [-0.2, -0.15) is 0 Å². The zero-order valence-electron chi connectivity index (χ0n) is 13.2. The van der Waals surface area contributed by atoms with Gasteiger partial charge in [0.05, 0.1) is 5.41 Å². The van der Waals surface area contributed by atoms with Crippen LogP contribution in [0.3, 0.4) is 0 Å². The van der Waals surface area contributed by atoms with Crippen LogP contribution in [-0.2, 0) is 15.0 Å². The summed E-state index contributed by atoms with van der Waals surface area (Å²) < 4.78 is 27.4. The highest BCUT2D eigenvalue weighted by Gasteiger charge is 2.50. The Balaban J connectivity index is 1.82. The van der Waals surface area contributed by atoms with Gasteiger partial charge < -0.3 is 15.7 Å². The van der Waals surface area contributed by atoms with Crippen molar-refractivity contribution in [2.45, 2.75) is 43.1 Å². The van der Waals surface area contributed by atoms with Gasteiger partial charge in [-0.1, -0.05) is 12.5 Å². The Hall–Kier alpha value is -2.02. The first-order valence-electron chi connectivity index (χ1n) is 8.06. The molecule has 0 aromatic heterocycles. The lowest BCUT2D eigenvalue weighted by atomic mass is 9.63. The fraction of sp³-hybridized carbons (Fsp3) is 0.529. The van der Waals surface area contributed by atoms with Crippen molar-refractivity contribution in [1.82, 2.24) is 4.90 Å². The molecule has 3 N–H and O–H groups in total. The molecule has 3 rings (SSSR count). The molecule has 2 aliphatic rings. The molecule has 1 saturated heterocycles. The second-order valence-corrected chi connectivity index (χ2v) is 6.75. The molecule has 1 saturated carbocycles. The molecule has 1 aromatic rings. The molecule has 24 heavy (non-hydrogen) atoms. The summed E-state index contributed by atoms with van der Waals surface area (Å²) in [7, 11) is 0. The average molecular weight is 338 g/mol. The van der Waals surface area contributed by atoms with E-state index < -0.39 is 28.6 Å². The van der Waals surface area contributed by atoms with Crippen molar-refractivity contribution in [3.8, 4) is 0 Å². The molecule has 2 amide bonds. The Bertz CT molecular complexity index is 680. The van der Waals surface area contributed by atoms with Gasteiger partial charge in [-0.25, -0.2) is 8.78 Å². The minimum Gasteiger partial charge on any atom is -0.380 e. The van der Waals surface area contributed by atoms with E-state index in [-0.39, 0.29) is 37.4 Å². The highest BCUT2D eigenvalue weighted by molar-refractivity contribution is 5.90. The van der Waals surface area contributed by atoms with Crippen LogP contribution in [0.4, 0.5) is 8.78 Å². The van der Waals surface area contributed by atoms with Crippen molar-refractivity contribution in [2.75, 3.05) is 13.1 Å². The highest BCUT2D eigenvalue weighted by Crippen LogP contribution is 2.46. The number of hydrogen-bond acceptors (Lipinski definition) is 3. The van der Waals surface area contributed by atoms with Gasteiger partial charge in [-0.3, -0.25) is 9.59 Å². The van der Waals surface area contributed by atoms with Crippen molar-refractivity contribution in [3.05, 3.63) is 35.4 Å². The number of piperidine rings is 1. The van der Waals surface area contributed by atoms with Gasteiger partial charge in [0.2, 0.25) is 11.8 Å². The summed E-state index contributed by atoms with van der Waals surface area (Å²) in [5, 5.41) is 10.1. The number of hydrogen-bond donors (Lipinski definition) is 2. The van der Waals surface area contributed by atoms with E-state index in [2.05, 4.69) is 0 Å². The van der Waals surface area contributed by atoms with Gasteiger partial charge in [0.15, 0.2) is 0 Å². The number of primary amides is 1. The van der Waals surface area contributed by atoms with E-state index in [1.54, 1.807) is 4.90 Å². The zero-order chi connectivity index (χ0) is 17.5. The van der Waals surface area contributed by atoms with E-state index in [1.165, 1.54) is 6.07 Å². The van der Waals surface area contributed by atoms with Crippen molar-refractivity contribution in [2.24, 2.45) is 5.73 Å². The fourth-order valence-electron chi connectivity index (χ4n) is 3.64. The number of carbonyl (C=O) groups excluding carboxylic acids is 2. The molecule has 0 unspecified atom stereocenters. The van der Waals surface area contributed by atoms with Gasteiger partial charge in [-0.05, 0) is 18.9 Å². The maximum atomic E-state index is 14.2. The van der Waals surface area contributed by atoms with Crippen LogP contribution in [0.15, 0.2) is 18.2 Å². The summed E-state index contributed by atoms with van der Waals surface area (Å²) in [6.45, 7) is 0.367. The summed E-state index contributed by atoms with van der Waals surface area (Å²) in [6, 6.07) is 3.30. The second-order valence-electron chi connectivity index (χ2n) is 6.75. The molecule has 0 radical (unpaired) electrons. The van der Waals surface area contributed by atoms with Crippen LogP contribution in [0.1, 0.15) is 37.7 Å². The van der Waals surface area contributed by atoms with Crippen LogP contribution in [0, 0.1) is 11.6 Å². The third kappa shape index (κ3) is 2.56. The largest absolute Gasteiger partial charge is 0.380 e. The second kappa shape index (κ2) is 5.81. The van der Waals surface area contributed by atoms with E-state index >= 15 is 0 Å². The summed E-state index contributed by atoms with van der Waals surface area (Å²) in [4.78, 5) is 25.8. The van der Waals surface area contributed by atoms with Gasteiger partial charge in [-0.15, -0.1) is 0 Å². The van der Waals surface area contributed by atoms with Crippen LogP contribution in [-0.4, -0.2) is 40.5 Å². The van der Waals surface area contributed by atoms with Crippen molar-refractivity contribution in [1.29, 1.82) is 0 Å². The smallest absolute Gasteiger partial charge is 0.249 e. The topological polar surface area (TPSA) is 83.6 Å². The molecule has 130 valence electrons. The molecular weight excluding hydrogens is 318 g/mol. The molecule has 2 fully saturated rings. The molecule has 5 nitrogen and oxygen atoms in total. The van der Waals surface area contributed by atoms with E-state index in [4.69, 9.17) is 5.73 Å². The molecule has 1 aromatic carbocycles. The quantitative estimate of drug-likeness (QED) is 0.869. The van der Waals surface area contributed by atoms with E-state index in [0.717, 1.165) is 18.6 Å². The van der Waals surface area contributed by atoms with Gasteiger partial charge in [0.1, 0.15) is 17.2 Å². The maximum Gasteiger partial charge on any atom is 0.249 e. The molecule has 0 spiro atoms. The number of rotatable bonds is 3. The van der Waals surface area contributed by atoms with Gasteiger partial charge >= 0.3 is 0 Å². The third-order valence-corrected chi connectivity index (χ3v) is 5.40. The lowest BCUT2D eigenvalue weighted by Crippen LogP contribution is -2.58. The molecule has 7 heteroatoms. The Morgan fingerprint density at radius 1 is 1.12 bits per heavy atom. The third-order valence-electron chi connectivity index (χ3n) is 5.40. The van der Waals surface area contributed by atoms with E-state index in [0.29, 0.717) is 12.8 Å². The van der Waals surface area contributed by atoms with Crippen molar-refractivity contribution < 1.29 is 23.5 Å². The van der Waals surface area contributed by atoms with Crippen LogP contribution in [0.25, 0.3) is 0 Å². The van der Waals surface area contributed by atoms with Crippen LogP contribution < -0.4 is 5.73 Å². The first-order valence-corrected chi connectivity index (χ1v) is 8.06. The van der Waals surface area contributed by atoms with Crippen LogP contribution in [0.5, 0.6) is 0 Å². The van der Waals surface area contributed by atoms with Gasteiger partial charge in [0.25, 0.3) is 0 Å². The van der Waals surface area contributed by atoms with Crippen molar-refractivity contribution in [3.63, 3.8) is 0 Å². The average Bonchev–Trinajstić information content (AvgIpc) is 2.48. The summed E-state index contributed by atoms with van der Waals surface area (Å²) >= 11 is 0. The molecule has 1 heterocycles. The lowest BCUT2D eigenvalue weighted by Gasteiger charge is -2.46. The molecule has 1 aliphatic heterocycles. The van der Waals surface area contributed by atoms with E-state index in [1.807, 2.05) is 0 Å². The Morgan fingerprint density at radius 3 is 2.21 bits per heavy atom. The normalized spacial score (nSPS) is 21.9. The molecule has 0 bridgehead atoms. The Kier molecular flexibility index (Phi) is 4.07. The number of aliphatic hydroxyl groups is 1. The number of benzene rings is 1. The molecule has 1 aliphatic carbocycles. The number of halogens is 2. The monoisotopic (exact) mass is 338 g/mol. The number of amides is 2. The minimum absolute atomic E-state index is 0.0655. The number of likely N-dealkylation sites (tertiary alicyclic amines) is 1. The van der Waals surface area contributed by atoms with Crippen LogP contribution >= 0.6 is 0 Å². The SMILES string of the molecule is NC(=O)C1(O)CCN(C(=O)C2(c3ccc(F)cc3F)CCC2)CC1. The van der Waals surface area contributed by atoms with Crippen LogP contribution in [0.2, 0.25) is 0 Å². The van der Waals surface area contributed by atoms with E-state index in [9.17, 15) is 23.5 Å². The molecule has 0 atom stereocenters. The molecular formula is C17H20F2N2O3. The summed E-state index contributed by atoms with van der Waals surface area (Å²) in [5.74, 6) is -2.42. The standard InChI is InChI=1S/C17H20F2N2O3/c18-11-2-3-12(13(19)10-11)16(4-1-5-16)15(23)21-8-6-17(24,7-9-21)14(20)22/h2-3,10,24H,1,4-9H2,(H2,20,22). The summed E-state index contributed by atoms with van der Waals surface area (Å²) in [5.41, 5.74) is 2.85. The Morgan fingerprint density at radius 2 is 1.75 bits per heavy atom. The first-order chi connectivity index (χ1) is 11.3. The highest BCUT2D eigenvalue weighted by atomic mass is 19.1. The number of carbonyl (C=O) groups is 2. The zero-order valence-corrected chi connectivity index (χ0v) is 13.2. The van der Waals surface area contributed by atoms with Gasteiger partial charge in [0, 0.05) is 37.6 Å². The number of nitrogens with two attached hydrogens (primary N) is 1. The maximum absolute atomic E-state index is 14.2. The van der Waals surface area contributed by atoms with Crippen molar-refractivity contribution >= 4 is 11.8 Å².